The summed E-state index contributed by atoms with van der Waals surface area (Å²) in [7, 11) is 0. The van der Waals surface area contributed by atoms with Crippen molar-refractivity contribution in [3.63, 3.8) is 0 Å². The third-order valence-electron chi connectivity index (χ3n) is 6.89. The number of nitrogens with one attached hydrogen (secondary N) is 1. The number of rotatable bonds is 11. The number of benzene rings is 3. The highest BCUT2D eigenvalue weighted by Gasteiger charge is 2.32. The predicted molar refractivity (Wildman–Crippen MR) is 149 cm³/mol. The number of nitrogens with zero attached hydrogens (tertiary/aromatic N) is 1. The summed E-state index contributed by atoms with van der Waals surface area (Å²) in [5.41, 5.74) is 3.70. The lowest BCUT2D eigenvalue weighted by Gasteiger charge is -2.32. The maximum atomic E-state index is 14.1. The van der Waals surface area contributed by atoms with Crippen LogP contribution in [0.3, 0.4) is 0 Å². The van der Waals surface area contributed by atoms with Crippen LogP contribution in [0.2, 0.25) is 0 Å². The highest BCUT2D eigenvalue weighted by Crippen LogP contribution is 2.22. The lowest BCUT2D eigenvalue weighted by Crippen LogP contribution is -2.52. The van der Waals surface area contributed by atoms with Gasteiger partial charge in [-0.25, -0.2) is 4.39 Å². The molecular weight excluding hydrogens is 483 g/mol. The number of carbonyl (C=O) groups excluding carboxylic acids is 2. The molecule has 0 spiro atoms. The van der Waals surface area contributed by atoms with Crippen LogP contribution in [-0.2, 0) is 28.3 Å². The van der Waals surface area contributed by atoms with Gasteiger partial charge in [0.1, 0.15) is 11.9 Å². The standard InChI is InChI=1S/C31H35FN2O2S/c1-23-15-17-25(18-16-23)20-34(30(35)22-37-21-26-11-5-8-14-28(26)32)29(19-24-9-3-2-4-10-24)31(36)33-27-12-6-7-13-27/h2-5,8-11,14-18,27,29H,6-7,12-13,19-22H2,1H3,(H,33,36). The minimum absolute atomic E-state index is 0.102. The molecule has 1 fully saturated rings. The lowest BCUT2D eigenvalue weighted by molar-refractivity contribution is -0.139. The molecule has 1 saturated carbocycles. The maximum absolute atomic E-state index is 14.1. The monoisotopic (exact) mass is 518 g/mol. The summed E-state index contributed by atoms with van der Waals surface area (Å²) >= 11 is 1.38. The SMILES string of the molecule is Cc1ccc(CN(C(=O)CSCc2ccccc2F)C(Cc2ccccc2)C(=O)NC2CCCC2)cc1. The van der Waals surface area contributed by atoms with Gasteiger partial charge in [0.05, 0.1) is 5.75 Å². The lowest BCUT2D eigenvalue weighted by atomic mass is 10.0. The van der Waals surface area contributed by atoms with Crippen LogP contribution in [0, 0.1) is 12.7 Å². The van der Waals surface area contributed by atoms with Crippen molar-refractivity contribution < 1.29 is 14.0 Å². The van der Waals surface area contributed by atoms with E-state index in [0.717, 1.165) is 42.4 Å². The average molecular weight is 519 g/mol. The summed E-state index contributed by atoms with van der Waals surface area (Å²) in [5.74, 6) is 0.0768. The van der Waals surface area contributed by atoms with E-state index in [4.69, 9.17) is 0 Å². The van der Waals surface area contributed by atoms with Gasteiger partial charge < -0.3 is 10.2 Å². The Morgan fingerprint density at radius 1 is 0.946 bits per heavy atom. The molecule has 0 bridgehead atoms. The maximum Gasteiger partial charge on any atom is 0.243 e. The van der Waals surface area contributed by atoms with E-state index < -0.39 is 6.04 Å². The van der Waals surface area contributed by atoms with E-state index in [1.54, 1.807) is 23.1 Å². The van der Waals surface area contributed by atoms with Crippen molar-refractivity contribution in [2.45, 2.75) is 63.4 Å². The fourth-order valence-electron chi connectivity index (χ4n) is 4.76. The first kappa shape index (κ1) is 26.9. The van der Waals surface area contributed by atoms with Crippen LogP contribution in [0.15, 0.2) is 78.9 Å². The molecule has 1 atom stereocenters. The van der Waals surface area contributed by atoms with Crippen molar-refractivity contribution in [2.24, 2.45) is 0 Å². The zero-order valence-corrected chi connectivity index (χ0v) is 22.2. The highest BCUT2D eigenvalue weighted by atomic mass is 32.2. The highest BCUT2D eigenvalue weighted by molar-refractivity contribution is 7.99. The van der Waals surface area contributed by atoms with Crippen molar-refractivity contribution in [2.75, 3.05) is 5.75 Å². The molecule has 1 unspecified atom stereocenters. The van der Waals surface area contributed by atoms with Gasteiger partial charge in [-0.3, -0.25) is 9.59 Å². The molecule has 3 aromatic carbocycles. The first-order valence-electron chi connectivity index (χ1n) is 13.0. The average Bonchev–Trinajstić information content (AvgIpc) is 3.42. The van der Waals surface area contributed by atoms with Gasteiger partial charge in [0.25, 0.3) is 0 Å². The molecule has 1 aliphatic rings. The van der Waals surface area contributed by atoms with Crippen LogP contribution in [0.1, 0.15) is 47.9 Å². The van der Waals surface area contributed by atoms with E-state index >= 15 is 0 Å². The normalized spacial score (nSPS) is 14.3. The zero-order chi connectivity index (χ0) is 26.0. The van der Waals surface area contributed by atoms with E-state index in [-0.39, 0.29) is 29.4 Å². The van der Waals surface area contributed by atoms with E-state index in [2.05, 4.69) is 5.32 Å². The van der Waals surface area contributed by atoms with Gasteiger partial charge in [-0.05, 0) is 42.5 Å². The van der Waals surface area contributed by atoms with Crippen LogP contribution < -0.4 is 5.32 Å². The van der Waals surface area contributed by atoms with Crippen LogP contribution in [0.4, 0.5) is 4.39 Å². The third kappa shape index (κ3) is 7.93. The number of aryl methyl sites for hydroxylation is 1. The fraction of sp³-hybridized carbons (Fsp3) is 0.355. The van der Waals surface area contributed by atoms with Crippen molar-refractivity contribution in [3.05, 3.63) is 107 Å². The summed E-state index contributed by atoms with van der Waals surface area (Å²) in [5, 5.41) is 3.23. The van der Waals surface area contributed by atoms with Gasteiger partial charge in [0, 0.05) is 24.8 Å². The summed E-state index contributed by atoms with van der Waals surface area (Å²) in [6, 6.07) is 24.1. The second-order valence-electron chi connectivity index (χ2n) is 9.79. The van der Waals surface area contributed by atoms with Gasteiger partial charge in [0.2, 0.25) is 11.8 Å². The minimum atomic E-state index is -0.633. The molecule has 0 aliphatic heterocycles. The van der Waals surface area contributed by atoms with Crippen molar-refractivity contribution in [1.29, 1.82) is 0 Å². The topological polar surface area (TPSA) is 49.4 Å². The quantitative estimate of drug-likeness (QED) is 0.335. The molecule has 1 N–H and O–H groups in total. The second-order valence-corrected chi connectivity index (χ2v) is 10.8. The largest absolute Gasteiger partial charge is 0.352 e. The number of thioether (sulfide) groups is 1. The summed E-state index contributed by atoms with van der Waals surface area (Å²) in [6.45, 7) is 2.37. The minimum Gasteiger partial charge on any atom is -0.352 e. The van der Waals surface area contributed by atoms with E-state index in [0.29, 0.717) is 24.3 Å². The molecule has 2 amide bonds. The predicted octanol–water partition coefficient (Wildman–Crippen LogP) is 6.07. The van der Waals surface area contributed by atoms with Crippen molar-refractivity contribution in [3.8, 4) is 0 Å². The van der Waals surface area contributed by atoms with Gasteiger partial charge in [-0.1, -0.05) is 91.2 Å². The Labute approximate surface area is 223 Å². The Hall–Kier alpha value is -3.12. The third-order valence-corrected chi connectivity index (χ3v) is 7.85. The molecule has 4 rings (SSSR count). The van der Waals surface area contributed by atoms with E-state index in [1.165, 1.54) is 17.8 Å². The molecule has 37 heavy (non-hydrogen) atoms. The Morgan fingerprint density at radius 2 is 1.62 bits per heavy atom. The smallest absolute Gasteiger partial charge is 0.243 e. The second kappa shape index (κ2) is 13.4. The number of carbonyl (C=O) groups is 2. The van der Waals surface area contributed by atoms with Crippen LogP contribution >= 0.6 is 11.8 Å². The Balaban J connectivity index is 1.56. The number of halogens is 1. The summed E-state index contributed by atoms with van der Waals surface area (Å²) < 4.78 is 14.1. The molecule has 0 aromatic heterocycles. The number of hydrogen-bond acceptors (Lipinski definition) is 3. The number of amides is 2. The Bertz CT molecular complexity index is 1160. The van der Waals surface area contributed by atoms with E-state index in [1.807, 2.05) is 61.5 Å². The first-order valence-corrected chi connectivity index (χ1v) is 14.2. The molecule has 0 saturated heterocycles. The molecule has 3 aromatic rings. The van der Waals surface area contributed by atoms with E-state index in [9.17, 15) is 14.0 Å². The van der Waals surface area contributed by atoms with Gasteiger partial charge in [-0.2, -0.15) is 0 Å². The summed E-state index contributed by atoms with van der Waals surface area (Å²) in [6.07, 6.45) is 4.64. The van der Waals surface area contributed by atoms with Crippen molar-refractivity contribution in [1.82, 2.24) is 10.2 Å². The number of hydrogen-bond donors (Lipinski definition) is 1. The molecule has 6 heteroatoms. The molecule has 4 nitrogen and oxygen atoms in total. The Kier molecular flexibility index (Phi) is 9.78. The molecule has 0 heterocycles. The van der Waals surface area contributed by atoms with Gasteiger partial charge in [0.15, 0.2) is 0 Å². The fourth-order valence-corrected chi connectivity index (χ4v) is 5.65. The first-order chi connectivity index (χ1) is 18.0. The van der Waals surface area contributed by atoms with Gasteiger partial charge in [-0.15, -0.1) is 11.8 Å². The summed E-state index contributed by atoms with van der Waals surface area (Å²) in [4.78, 5) is 29.1. The molecule has 0 radical (unpaired) electrons. The van der Waals surface area contributed by atoms with Crippen LogP contribution in [0.5, 0.6) is 0 Å². The zero-order valence-electron chi connectivity index (χ0n) is 21.4. The Morgan fingerprint density at radius 3 is 2.32 bits per heavy atom. The van der Waals surface area contributed by atoms with Gasteiger partial charge >= 0.3 is 0 Å². The molecular formula is C31H35FN2O2S. The molecule has 1 aliphatic carbocycles. The van der Waals surface area contributed by atoms with Crippen LogP contribution in [-0.4, -0.2) is 34.6 Å². The van der Waals surface area contributed by atoms with Crippen LogP contribution in [0.25, 0.3) is 0 Å². The van der Waals surface area contributed by atoms with Crippen molar-refractivity contribution >= 4 is 23.6 Å². The molecule has 194 valence electrons.